The van der Waals surface area contributed by atoms with Gasteiger partial charge in [0.1, 0.15) is 7.28 Å². The minimum absolute atomic E-state index is 0.697. The van der Waals surface area contributed by atoms with Crippen LogP contribution in [0.2, 0.25) is 13.1 Å². The SMILES string of the molecule is CBCC(I)CN. The van der Waals surface area contributed by atoms with Crippen LogP contribution in [0, 0.1) is 0 Å². The second-order valence-corrected chi connectivity index (χ2v) is 3.38. The van der Waals surface area contributed by atoms with E-state index in [0.29, 0.717) is 3.92 Å². The molecule has 0 aliphatic rings. The van der Waals surface area contributed by atoms with E-state index in [4.69, 9.17) is 5.73 Å². The molecule has 0 aromatic heterocycles. The monoisotopic (exact) mass is 211 g/mol. The molecule has 0 radical (unpaired) electrons. The van der Waals surface area contributed by atoms with Crippen molar-refractivity contribution in [1.82, 2.24) is 0 Å². The van der Waals surface area contributed by atoms with Gasteiger partial charge in [0.15, 0.2) is 0 Å². The van der Waals surface area contributed by atoms with Gasteiger partial charge in [0.2, 0.25) is 0 Å². The van der Waals surface area contributed by atoms with Crippen LogP contribution < -0.4 is 5.73 Å². The molecule has 1 unspecified atom stereocenters. The molecule has 3 heteroatoms. The highest BCUT2D eigenvalue weighted by Crippen LogP contribution is 2.01. The van der Waals surface area contributed by atoms with Crippen molar-refractivity contribution in [2.75, 3.05) is 6.54 Å². The molecule has 0 spiro atoms. The molecular formula is C4H11BIN. The van der Waals surface area contributed by atoms with Crippen LogP contribution >= 0.6 is 22.6 Å². The Labute approximate surface area is 59.4 Å². The van der Waals surface area contributed by atoms with E-state index in [0.717, 1.165) is 6.54 Å². The lowest BCUT2D eigenvalue weighted by atomic mass is 9.77. The van der Waals surface area contributed by atoms with Crippen molar-refractivity contribution in [3.8, 4) is 0 Å². The average molecular weight is 211 g/mol. The predicted octanol–water partition coefficient (Wildman–Crippen LogP) is 0.652. The first-order valence-electron chi connectivity index (χ1n) is 2.65. The highest BCUT2D eigenvalue weighted by molar-refractivity contribution is 14.1. The molecule has 0 aliphatic carbocycles. The van der Waals surface area contributed by atoms with Crippen LogP contribution in [0.1, 0.15) is 0 Å². The number of halogens is 1. The van der Waals surface area contributed by atoms with Gasteiger partial charge in [0, 0.05) is 10.5 Å². The van der Waals surface area contributed by atoms with Crippen LogP contribution in [-0.2, 0) is 0 Å². The summed E-state index contributed by atoms with van der Waals surface area (Å²) in [4.78, 5) is 0. The summed E-state index contributed by atoms with van der Waals surface area (Å²) in [7, 11) is 1.25. The summed E-state index contributed by atoms with van der Waals surface area (Å²) in [5.41, 5.74) is 5.35. The van der Waals surface area contributed by atoms with Crippen LogP contribution in [-0.4, -0.2) is 17.7 Å². The third-order valence-corrected chi connectivity index (χ3v) is 1.99. The largest absolute Gasteiger partial charge is 0.329 e. The highest BCUT2D eigenvalue weighted by Gasteiger charge is 1.96. The number of hydrogen-bond acceptors (Lipinski definition) is 1. The molecule has 1 nitrogen and oxygen atoms in total. The lowest BCUT2D eigenvalue weighted by Gasteiger charge is -1.99. The van der Waals surface area contributed by atoms with E-state index in [1.807, 2.05) is 0 Å². The topological polar surface area (TPSA) is 26.0 Å². The van der Waals surface area contributed by atoms with E-state index in [9.17, 15) is 0 Å². The van der Waals surface area contributed by atoms with Gasteiger partial charge in [0.05, 0.1) is 0 Å². The third kappa shape index (κ3) is 4.61. The maximum Gasteiger partial charge on any atom is 0.118 e. The Morgan fingerprint density at radius 2 is 2.43 bits per heavy atom. The molecule has 0 bridgehead atoms. The predicted molar refractivity (Wildman–Crippen MR) is 44.7 cm³/mol. The zero-order valence-corrected chi connectivity index (χ0v) is 6.81. The summed E-state index contributed by atoms with van der Waals surface area (Å²) in [6.45, 7) is 3.01. The van der Waals surface area contributed by atoms with Gasteiger partial charge >= 0.3 is 0 Å². The lowest BCUT2D eigenvalue weighted by molar-refractivity contribution is 0.977. The van der Waals surface area contributed by atoms with Gasteiger partial charge < -0.3 is 5.73 Å². The lowest BCUT2D eigenvalue weighted by Crippen LogP contribution is -2.13. The van der Waals surface area contributed by atoms with Gasteiger partial charge in [0.25, 0.3) is 0 Å². The van der Waals surface area contributed by atoms with Crippen LogP contribution in [0.3, 0.4) is 0 Å². The zero-order chi connectivity index (χ0) is 5.70. The van der Waals surface area contributed by atoms with Gasteiger partial charge in [-0.15, -0.1) is 0 Å². The van der Waals surface area contributed by atoms with Crippen molar-refractivity contribution in [2.24, 2.45) is 5.73 Å². The first kappa shape index (κ1) is 7.75. The van der Waals surface area contributed by atoms with E-state index in [1.54, 1.807) is 0 Å². The van der Waals surface area contributed by atoms with Crippen LogP contribution in [0.15, 0.2) is 0 Å². The summed E-state index contributed by atoms with van der Waals surface area (Å²) in [6.07, 6.45) is 1.26. The van der Waals surface area contributed by atoms with Crippen molar-refractivity contribution in [1.29, 1.82) is 0 Å². The minimum atomic E-state index is 0.697. The quantitative estimate of drug-likeness (QED) is 0.414. The number of rotatable bonds is 3. The summed E-state index contributed by atoms with van der Waals surface area (Å²) in [5, 5.41) is 0. The van der Waals surface area contributed by atoms with Gasteiger partial charge in [-0.3, -0.25) is 0 Å². The Morgan fingerprint density at radius 3 is 2.57 bits per heavy atom. The van der Waals surface area contributed by atoms with Crippen LogP contribution in [0.25, 0.3) is 0 Å². The fourth-order valence-electron chi connectivity index (χ4n) is 0.431. The van der Waals surface area contributed by atoms with Crippen molar-refractivity contribution in [3.05, 3.63) is 0 Å². The van der Waals surface area contributed by atoms with Gasteiger partial charge in [-0.05, 0) is 0 Å². The molecule has 42 valence electrons. The van der Waals surface area contributed by atoms with Crippen molar-refractivity contribution >= 4 is 29.9 Å². The summed E-state index contributed by atoms with van der Waals surface area (Å²) < 4.78 is 0.697. The standard InChI is InChI=1S/C4H11BIN/c1-5-2-4(6)3-7/h4-5H,2-3,7H2,1H3. The van der Waals surface area contributed by atoms with E-state index in [1.165, 1.54) is 13.6 Å². The van der Waals surface area contributed by atoms with Crippen molar-refractivity contribution in [3.63, 3.8) is 0 Å². The normalized spacial score (nSPS) is 13.6. The van der Waals surface area contributed by atoms with E-state index in [2.05, 4.69) is 29.4 Å². The molecule has 0 fully saturated rings. The molecule has 0 rings (SSSR count). The molecule has 0 aliphatic heterocycles. The highest BCUT2D eigenvalue weighted by atomic mass is 127. The van der Waals surface area contributed by atoms with E-state index < -0.39 is 0 Å². The first-order valence-corrected chi connectivity index (χ1v) is 3.90. The molecule has 0 aromatic carbocycles. The van der Waals surface area contributed by atoms with Crippen molar-refractivity contribution in [2.45, 2.75) is 17.1 Å². The minimum Gasteiger partial charge on any atom is -0.329 e. The first-order chi connectivity index (χ1) is 3.31. The Kier molecular flexibility index (Phi) is 5.43. The molecule has 0 saturated heterocycles. The Morgan fingerprint density at radius 1 is 1.86 bits per heavy atom. The third-order valence-electron chi connectivity index (χ3n) is 0.858. The van der Waals surface area contributed by atoms with Crippen molar-refractivity contribution < 1.29 is 0 Å². The molecule has 0 saturated carbocycles. The Bertz CT molecular complexity index is 42.7. The summed E-state index contributed by atoms with van der Waals surface area (Å²) >= 11 is 2.38. The van der Waals surface area contributed by atoms with E-state index in [-0.39, 0.29) is 0 Å². The number of nitrogens with two attached hydrogens (primary N) is 1. The Hall–Kier alpha value is 0.755. The fraction of sp³-hybridized carbons (Fsp3) is 1.00. The number of alkyl halides is 1. The number of hydrogen-bond donors (Lipinski definition) is 1. The van der Waals surface area contributed by atoms with Gasteiger partial charge in [-0.25, -0.2) is 0 Å². The second-order valence-electron chi connectivity index (χ2n) is 1.62. The van der Waals surface area contributed by atoms with Crippen LogP contribution in [0.5, 0.6) is 0 Å². The fourth-order valence-corrected chi connectivity index (χ4v) is 1.05. The van der Waals surface area contributed by atoms with Gasteiger partial charge in [-0.2, -0.15) is 0 Å². The second kappa shape index (κ2) is 4.90. The smallest absolute Gasteiger partial charge is 0.118 e. The van der Waals surface area contributed by atoms with E-state index >= 15 is 0 Å². The maximum atomic E-state index is 5.35. The molecule has 7 heavy (non-hydrogen) atoms. The molecule has 0 aromatic rings. The Balaban J connectivity index is 2.83. The maximum absolute atomic E-state index is 5.35. The molecule has 0 amide bonds. The summed E-state index contributed by atoms with van der Waals surface area (Å²) in [5.74, 6) is 0. The molecular weight excluding hydrogens is 200 g/mol. The molecule has 0 heterocycles. The summed E-state index contributed by atoms with van der Waals surface area (Å²) in [6, 6.07) is 0. The average Bonchev–Trinajstić information content (AvgIpc) is 1.68. The molecule has 1 atom stereocenters. The zero-order valence-electron chi connectivity index (χ0n) is 4.65. The molecule has 2 N–H and O–H groups in total. The van der Waals surface area contributed by atoms with Gasteiger partial charge in [-0.1, -0.05) is 35.7 Å². The van der Waals surface area contributed by atoms with Crippen LogP contribution in [0.4, 0.5) is 0 Å².